The van der Waals surface area contributed by atoms with Crippen molar-refractivity contribution in [1.29, 1.82) is 0 Å². The van der Waals surface area contributed by atoms with Gasteiger partial charge in [-0.15, -0.1) is 0 Å². The van der Waals surface area contributed by atoms with E-state index in [1.165, 1.54) is 12.3 Å². The van der Waals surface area contributed by atoms with Crippen molar-refractivity contribution in [3.8, 4) is 0 Å². The number of benzene rings is 1. The zero-order valence-corrected chi connectivity index (χ0v) is 13.4. The number of sulfonamides is 1. The molecule has 2 aliphatic rings. The molecule has 2 unspecified atom stereocenters. The standard InChI is InChI=1S/C16H13NO6S/c1-24(21,22)17-8-11(10-5-3-2-4-6-10)14-12(17)7-13(23-9-18)15(19)16(14)20/h2-9,12,14H,1H3. The van der Waals surface area contributed by atoms with Crippen LogP contribution in [0.4, 0.5) is 0 Å². The van der Waals surface area contributed by atoms with Gasteiger partial charge in [0.1, 0.15) is 0 Å². The highest BCUT2D eigenvalue weighted by atomic mass is 32.2. The number of hydrogen-bond donors (Lipinski definition) is 0. The lowest BCUT2D eigenvalue weighted by Crippen LogP contribution is -2.44. The van der Waals surface area contributed by atoms with Crippen LogP contribution >= 0.6 is 0 Å². The van der Waals surface area contributed by atoms with E-state index in [4.69, 9.17) is 0 Å². The molecule has 0 aromatic heterocycles. The molecule has 24 heavy (non-hydrogen) atoms. The van der Waals surface area contributed by atoms with Gasteiger partial charge in [-0.1, -0.05) is 30.3 Å². The maximum absolute atomic E-state index is 12.5. The van der Waals surface area contributed by atoms with Gasteiger partial charge in [0.2, 0.25) is 15.8 Å². The molecule has 1 aliphatic heterocycles. The van der Waals surface area contributed by atoms with Crippen LogP contribution in [0.3, 0.4) is 0 Å². The molecular weight excluding hydrogens is 334 g/mol. The number of carbonyl (C=O) groups is 3. The fourth-order valence-electron chi connectivity index (χ4n) is 2.94. The van der Waals surface area contributed by atoms with Gasteiger partial charge in [-0.3, -0.25) is 18.7 Å². The van der Waals surface area contributed by atoms with Gasteiger partial charge in [0.15, 0.2) is 5.76 Å². The molecule has 0 bridgehead atoms. The Bertz CT molecular complexity index is 884. The minimum absolute atomic E-state index is 0.0304. The summed E-state index contributed by atoms with van der Waals surface area (Å²) in [7, 11) is -3.69. The van der Waals surface area contributed by atoms with Crippen molar-refractivity contribution >= 4 is 33.6 Å². The predicted molar refractivity (Wildman–Crippen MR) is 83.6 cm³/mol. The topological polar surface area (TPSA) is 97.8 Å². The van der Waals surface area contributed by atoms with Gasteiger partial charge in [-0.2, -0.15) is 0 Å². The highest BCUT2D eigenvalue weighted by Crippen LogP contribution is 2.41. The van der Waals surface area contributed by atoms with Crippen LogP contribution in [-0.2, 0) is 29.1 Å². The Kier molecular flexibility index (Phi) is 3.84. The number of Topliss-reactive ketones (excluding diaryl/α,β-unsaturated/α-hetero) is 2. The number of allylic oxidation sites excluding steroid dienone is 1. The Labute approximate surface area is 138 Å². The second kappa shape index (κ2) is 5.72. The summed E-state index contributed by atoms with van der Waals surface area (Å²) in [5.41, 5.74) is 1.08. The van der Waals surface area contributed by atoms with Crippen LogP contribution in [0.2, 0.25) is 0 Å². The average Bonchev–Trinajstić information content (AvgIpc) is 2.93. The summed E-state index contributed by atoms with van der Waals surface area (Å²) in [5, 5.41) is 0. The quantitative estimate of drug-likeness (QED) is 0.581. The molecule has 1 aliphatic carbocycles. The first-order valence-electron chi connectivity index (χ1n) is 7.01. The van der Waals surface area contributed by atoms with Gasteiger partial charge >= 0.3 is 0 Å². The molecule has 8 heteroatoms. The van der Waals surface area contributed by atoms with E-state index in [1.54, 1.807) is 30.3 Å². The van der Waals surface area contributed by atoms with Crippen molar-refractivity contribution in [3.63, 3.8) is 0 Å². The van der Waals surface area contributed by atoms with Crippen molar-refractivity contribution in [3.05, 3.63) is 53.9 Å². The zero-order valence-electron chi connectivity index (χ0n) is 12.6. The molecule has 0 N–H and O–H groups in total. The molecule has 0 saturated carbocycles. The van der Waals surface area contributed by atoms with Gasteiger partial charge < -0.3 is 4.74 Å². The molecule has 1 aromatic carbocycles. The number of ether oxygens (including phenoxy) is 1. The minimum Gasteiger partial charge on any atom is -0.425 e. The molecule has 0 saturated heterocycles. The molecule has 0 fully saturated rings. The monoisotopic (exact) mass is 347 g/mol. The van der Waals surface area contributed by atoms with E-state index < -0.39 is 39.3 Å². The number of rotatable bonds is 4. The lowest BCUT2D eigenvalue weighted by atomic mass is 9.81. The predicted octanol–water partition coefficient (Wildman–Crippen LogP) is 0.496. The molecule has 0 spiro atoms. The van der Waals surface area contributed by atoms with Crippen LogP contribution in [0, 0.1) is 5.92 Å². The molecular formula is C16H13NO6S. The third-order valence-corrected chi connectivity index (χ3v) is 5.07. The van der Waals surface area contributed by atoms with E-state index in [2.05, 4.69) is 4.74 Å². The molecule has 1 heterocycles. The van der Waals surface area contributed by atoms with Crippen LogP contribution in [0.15, 0.2) is 48.4 Å². The third kappa shape index (κ3) is 2.54. The highest BCUT2D eigenvalue weighted by molar-refractivity contribution is 7.88. The summed E-state index contributed by atoms with van der Waals surface area (Å²) in [6, 6.07) is 7.81. The molecule has 0 amide bonds. The maximum Gasteiger partial charge on any atom is 0.298 e. The summed E-state index contributed by atoms with van der Waals surface area (Å²) in [4.78, 5) is 35.1. The molecule has 2 atom stereocenters. The Balaban J connectivity index is 2.16. The van der Waals surface area contributed by atoms with Crippen molar-refractivity contribution in [2.24, 2.45) is 5.92 Å². The minimum atomic E-state index is -3.69. The SMILES string of the molecule is CS(=O)(=O)N1C=C(c2ccccc2)C2C(=O)C(=O)C(OC=O)=CC21. The van der Waals surface area contributed by atoms with E-state index >= 15 is 0 Å². The fraction of sp³-hybridized carbons (Fsp3) is 0.188. The smallest absolute Gasteiger partial charge is 0.298 e. The van der Waals surface area contributed by atoms with Crippen LogP contribution in [0.25, 0.3) is 5.57 Å². The summed E-state index contributed by atoms with van der Waals surface area (Å²) < 4.78 is 29.7. The summed E-state index contributed by atoms with van der Waals surface area (Å²) in [6.07, 6.45) is 3.56. The average molecular weight is 347 g/mol. The van der Waals surface area contributed by atoms with Crippen LogP contribution < -0.4 is 0 Å². The lowest BCUT2D eigenvalue weighted by molar-refractivity contribution is -0.140. The number of fused-ring (bicyclic) bond motifs is 1. The van der Waals surface area contributed by atoms with Gasteiger partial charge in [0.25, 0.3) is 12.3 Å². The third-order valence-electron chi connectivity index (χ3n) is 3.95. The fourth-order valence-corrected chi connectivity index (χ4v) is 3.87. The number of hydrogen-bond acceptors (Lipinski definition) is 6. The first-order chi connectivity index (χ1) is 11.3. The van der Waals surface area contributed by atoms with Crippen LogP contribution in [0.1, 0.15) is 5.56 Å². The summed E-state index contributed by atoms with van der Waals surface area (Å²) in [6.45, 7) is 0.0304. The van der Waals surface area contributed by atoms with E-state index in [-0.39, 0.29) is 6.47 Å². The van der Waals surface area contributed by atoms with Crippen LogP contribution in [-0.4, -0.2) is 43.1 Å². The van der Waals surface area contributed by atoms with Crippen molar-refractivity contribution in [2.45, 2.75) is 6.04 Å². The van der Waals surface area contributed by atoms with Crippen molar-refractivity contribution in [2.75, 3.05) is 6.26 Å². The largest absolute Gasteiger partial charge is 0.425 e. The van der Waals surface area contributed by atoms with E-state index in [0.29, 0.717) is 11.1 Å². The van der Waals surface area contributed by atoms with E-state index in [9.17, 15) is 22.8 Å². The normalized spacial score (nSPS) is 23.5. The first kappa shape index (κ1) is 16.1. The van der Waals surface area contributed by atoms with Crippen molar-refractivity contribution < 1.29 is 27.5 Å². The second-order valence-corrected chi connectivity index (χ2v) is 7.34. The Morgan fingerprint density at radius 1 is 1.17 bits per heavy atom. The number of nitrogens with zero attached hydrogens (tertiary/aromatic N) is 1. The van der Waals surface area contributed by atoms with E-state index in [1.807, 2.05) is 0 Å². The van der Waals surface area contributed by atoms with Gasteiger partial charge in [0.05, 0.1) is 18.2 Å². The van der Waals surface area contributed by atoms with Gasteiger partial charge in [-0.25, -0.2) is 8.42 Å². The molecule has 3 rings (SSSR count). The van der Waals surface area contributed by atoms with Crippen LogP contribution in [0.5, 0.6) is 0 Å². The van der Waals surface area contributed by atoms with Gasteiger partial charge in [-0.05, 0) is 17.2 Å². The first-order valence-corrected chi connectivity index (χ1v) is 8.85. The maximum atomic E-state index is 12.5. The highest BCUT2D eigenvalue weighted by Gasteiger charge is 2.49. The Hall–Kier alpha value is -2.74. The molecule has 1 aromatic rings. The zero-order chi connectivity index (χ0) is 17.5. The second-order valence-electron chi connectivity index (χ2n) is 5.45. The van der Waals surface area contributed by atoms with Gasteiger partial charge in [0, 0.05) is 6.20 Å². The lowest BCUT2D eigenvalue weighted by Gasteiger charge is -2.28. The molecule has 0 radical (unpaired) electrons. The van der Waals surface area contributed by atoms with Crippen molar-refractivity contribution in [1.82, 2.24) is 4.31 Å². The van der Waals surface area contributed by atoms with E-state index in [0.717, 1.165) is 10.6 Å². The molecule has 7 nitrogen and oxygen atoms in total. The Morgan fingerprint density at radius 2 is 1.83 bits per heavy atom. The summed E-state index contributed by atoms with van der Waals surface area (Å²) >= 11 is 0. The Morgan fingerprint density at radius 3 is 2.42 bits per heavy atom. The summed E-state index contributed by atoms with van der Waals surface area (Å²) in [5.74, 6) is -3.16. The molecule has 124 valence electrons. The number of ketones is 2. The number of carbonyl (C=O) groups excluding carboxylic acids is 3.